The maximum Gasteiger partial charge on any atom is 0.252 e. The first-order chi connectivity index (χ1) is 12.3. The maximum atomic E-state index is 12.4. The third kappa shape index (κ3) is 4.24. The fourth-order valence-electron chi connectivity index (χ4n) is 2.35. The summed E-state index contributed by atoms with van der Waals surface area (Å²) in [5.74, 6) is 1.07. The van der Waals surface area contributed by atoms with Crippen molar-refractivity contribution < 1.29 is 9.53 Å². The van der Waals surface area contributed by atoms with Gasteiger partial charge in [0.15, 0.2) is 0 Å². The number of ether oxygens (including phenoxy) is 1. The van der Waals surface area contributed by atoms with Crippen molar-refractivity contribution in [1.29, 1.82) is 5.26 Å². The molecule has 1 atom stereocenters. The Kier molecular flexibility index (Phi) is 5.08. The van der Waals surface area contributed by atoms with Crippen LogP contribution >= 0.6 is 0 Å². The minimum atomic E-state index is -0.686. The minimum Gasteiger partial charge on any atom is -0.457 e. The normalized spacial score (nSPS) is 11.2. The van der Waals surface area contributed by atoms with Gasteiger partial charge >= 0.3 is 0 Å². The lowest BCUT2D eigenvalue weighted by Crippen LogP contribution is -2.27. The molecule has 0 radical (unpaired) electrons. The fourth-order valence-corrected chi connectivity index (χ4v) is 2.35. The van der Waals surface area contributed by atoms with Crippen molar-refractivity contribution in [3.8, 4) is 17.6 Å². The molecule has 0 aromatic heterocycles. The van der Waals surface area contributed by atoms with Gasteiger partial charge < -0.3 is 10.1 Å². The van der Waals surface area contributed by atoms with Gasteiger partial charge in [0, 0.05) is 5.56 Å². The molecule has 0 fully saturated rings. The SMILES string of the molecule is N#C[C@H](NC(=O)c1ccc(Oc2ccccc2)cc1)c1ccccc1. The Morgan fingerprint density at radius 3 is 2.00 bits per heavy atom. The third-order valence-corrected chi connectivity index (χ3v) is 3.63. The monoisotopic (exact) mass is 328 g/mol. The highest BCUT2D eigenvalue weighted by Gasteiger charge is 2.14. The molecule has 0 unspecified atom stereocenters. The molecule has 3 rings (SSSR count). The summed E-state index contributed by atoms with van der Waals surface area (Å²) in [7, 11) is 0. The molecule has 0 saturated heterocycles. The molecule has 0 heterocycles. The highest BCUT2D eigenvalue weighted by Crippen LogP contribution is 2.21. The zero-order valence-corrected chi connectivity index (χ0v) is 13.4. The van der Waals surface area contributed by atoms with E-state index in [2.05, 4.69) is 11.4 Å². The van der Waals surface area contributed by atoms with E-state index in [0.29, 0.717) is 11.3 Å². The Balaban J connectivity index is 1.67. The largest absolute Gasteiger partial charge is 0.457 e. The molecule has 0 saturated carbocycles. The van der Waals surface area contributed by atoms with Gasteiger partial charge in [-0.2, -0.15) is 5.26 Å². The topological polar surface area (TPSA) is 62.1 Å². The zero-order chi connectivity index (χ0) is 17.5. The van der Waals surface area contributed by atoms with E-state index in [9.17, 15) is 10.1 Å². The number of benzene rings is 3. The lowest BCUT2D eigenvalue weighted by atomic mass is 10.1. The van der Waals surface area contributed by atoms with Gasteiger partial charge in [-0.05, 0) is 42.0 Å². The van der Waals surface area contributed by atoms with E-state index in [4.69, 9.17) is 4.74 Å². The molecular weight excluding hydrogens is 312 g/mol. The first-order valence-electron chi connectivity index (χ1n) is 7.84. The molecule has 0 aliphatic rings. The van der Waals surface area contributed by atoms with Gasteiger partial charge in [-0.1, -0.05) is 48.5 Å². The summed E-state index contributed by atoms with van der Waals surface area (Å²) >= 11 is 0. The highest BCUT2D eigenvalue weighted by molar-refractivity contribution is 5.94. The summed E-state index contributed by atoms with van der Waals surface area (Å²) in [6.45, 7) is 0. The molecule has 25 heavy (non-hydrogen) atoms. The van der Waals surface area contributed by atoms with Crippen LogP contribution in [0.2, 0.25) is 0 Å². The van der Waals surface area contributed by atoms with Gasteiger partial charge in [0.25, 0.3) is 5.91 Å². The molecule has 1 N–H and O–H groups in total. The average molecular weight is 328 g/mol. The number of hydrogen-bond donors (Lipinski definition) is 1. The fraction of sp³-hybridized carbons (Fsp3) is 0.0476. The summed E-state index contributed by atoms with van der Waals surface area (Å²) in [6, 6.07) is 26.8. The summed E-state index contributed by atoms with van der Waals surface area (Å²) in [4.78, 5) is 12.4. The third-order valence-electron chi connectivity index (χ3n) is 3.63. The second kappa shape index (κ2) is 7.80. The van der Waals surface area contributed by atoms with Crippen LogP contribution in [0.1, 0.15) is 22.0 Å². The predicted molar refractivity (Wildman–Crippen MR) is 95.2 cm³/mol. The minimum absolute atomic E-state index is 0.304. The molecule has 4 heteroatoms. The molecule has 4 nitrogen and oxygen atoms in total. The smallest absolute Gasteiger partial charge is 0.252 e. The van der Waals surface area contributed by atoms with Crippen molar-refractivity contribution in [2.75, 3.05) is 0 Å². The van der Waals surface area contributed by atoms with E-state index >= 15 is 0 Å². The van der Waals surface area contributed by atoms with Gasteiger partial charge in [0.05, 0.1) is 6.07 Å². The first kappa shape index (κ1) is 16.3. The second-order valence-corrected chi connectivity index (χ2v) is 5.39. The number of amides is 1. The van der Waals surface area contributed by atoms with Crippen molar-refractivity contribution in [3.05, 3.63) is 96.1 Å². The Morgan fingerprint density at radius 1 is 0.840 bits per heavy atom. The Hall–Kier alpha value is -3.58. The lowest BCUT2D eigenvalue weighted by molar-refractivity contribution is 0.0945. The van der Waals surface area contributed by atoms with Crippen LogP contribution in [0.5, 0.6) is 11.5 Å². The van der Waals surface area contributed by atoms with Crippen molar-refractivity contribution >= 4 is 5.91 Å². The molecular formula is C21H16N2O2. The van der Waals surface area contributed by atoms with Crippen molar-refractivity contribution in [3.63, 3.8) is 0 Å². The Bertz CT molecular complexity index is 869. The summed E-state index contributed by atoms with van der Waals surface area (Å²) in [5, 5.41) is 12.0. The zero-order valence-electron chi connectivity index (χ0n) is 13.4. The number of rotatable bonds is 5. The quantitative estimate of drug-likeness (QED) is 0.751. The number of nitrogens with one attached hydrogen (secondary N) is 1. The first-order valence-corrected chi connectivity index (χ1v) is 7.84. The average Bonchev–Trinajstić information content (AvgIpc) is 2.68. The highest BCUT2D eigenvalue weighted by atomic mass is 16.5. The van der Waals surface area contributed by atoms with Crippen LogP contribution in [0.4, 0.5) is 0 Å². The maximum absolute atomic E-state index is 12.4. The van der Waals surface area contributed by atoms with Gasteiger partial charge in [0.2, 0.25) is 0 Å². The molecule has 122 valence electrons. The van der Waals surface area contributed by atoms with Crippen LogP contribution in [0.15, 0.2) is 84.9 Å². The van der Waals surface area contributed by atoms with Crippen molar-refractivity contribution in [2.45, 2.75) is 6.04 Å². The Morgan fingerprint density at radius 2 is 1.40 bits per heavy atom. The molecule has 0 aliphatic heterocycles. The van der Waals surface area contributed by atoms with Crippen LogP contribution in [0, 0.1) is 11.3 Å². The van der Waals surface area contributed by atoms with Gasteiger partial charge in [-0.3, -0.25) is 4.79 Å². The number of nitrogens with zero attached hydrogens (tertiary/aromatic N) is 1. The van der Waals surface area contributed by atoms with E-state index in [-0.39, 0.29) is 5.91 Å². The second-order valence-electron chi connectivity index (χ2n) is 5.39. The number of carbonyl (C=O) groups is 1. The summed E-state index contributed by atoms with van der Waals surface area (Å²) in [6.07, 6.45) is 0. The molecule has 0 aliphatic carbocycles. The lowest BCUT2D eigenvalue weighted by Gasteiger charge is -2.12. The van der Waals surface area contributed by atoms with Gasteiger partial charge in [-0.15, -0.1) is 0 Å². The van der Waals surface area contributed by atoms with E-state index in [0.717, 1.165) is 11.3 Å². The summed E-state index contributed by atoms with van der Waals surface area (Å²) < 4.78 is 5.70. The van der Waals surface area contributed by atoms with Gasteiger partial charge in [-0.25, -0.2) is 0 Å². The van der Waals surface area contributed by atoms with Crippen LogP contribution in [-0.4, -0.2) is 5.91 Å². The van der Waals surface area contributed by atoms with E-state index in [1.807, 2.05) is 60.7 Å². The molecule has 0 bridgehead atoms. The molecule has 3 aromatic carbocycles. The summed E-state index contributed by atoms with van der Waals surface area (Å²) in [5.41, 5.74) is 1.22. The number of carbonyl (C=O) groups excluding carboxylic acids is 1. The van der Waals surface area contributed by atoms with Crippen LogP contribution in [-0.2, 0) is 0 Å². The number of hydrogen-bond acceptors (Lipinski definition) is 3. The van der Waals surface area contributed by atoms with Crippen LogP contribution < -0.4 is 10.1 Å². The van der Waals surface area contributed by atoms with Crippen molar-refractivity contribution in [1.82, 2.24) is 5.32 Å². The van der Waals surface area contributed by atoms with Crippen molar-refractivity contribution in [2.24, 2.45) is 0 Å². The number of para-hydroxylation sites is 1. The standard InChI is InChI=1S/C21H16N2O2/c22-15-20(16-7-3-1-4-8-16)23-21(24)17-11-13-19(14-12-17)25-18-9-5-2-6-10-18/h1-14,20H,(H,23,24)/t20-/m0/s1. The van der Waals surface area contributed by atoms with E-state index in [1.165, 1.54) is 0 Å². The number of nitriles is 1. The van der Waals surface area contributed by atoms with Crippen LogP contribution in [0.25, 0.3) is 0 Å². The molecule has 0 spiro atoms. The van der Waals surface area contributed by atoms with E-state index in [1.54, 1.807) is 24.3 Å². The van der Waals surface area contributed by atoms with Gasteiger partial charge in [0.1, 0.15) is 17.5 Å². The van der Waals surface area contributed by atoms with E-state index < -0.39 is 6.04 Å². The predicted octanol–water partition coefficient (Wildman–Crippen LogP) is 4.47. The van der Waals surface area contributed by atoms with Crippen LogP contribution in [0.3, 0.4) is 0 Å². The molecule has 3 aromatic rings. The molecule has 1 amide bonds. The Labute approximate surface area is 146 Å².